The van der Waals surface area contributed by atoms with Gasteiger partial charge in [-0.05, 0) is 26.8 Å². The van der Waals surface area contributed by atoms with E-state index in [1.807, 2.05) is 0 Å². The number of amides is 1. The van der Waals surface area contributed by atoms with Crippen molar-refractivity contribution < 1.29 is 28.7 Å². The lowest BCUT2D eigenvalue weighted by molar-refractivity contribution is -0.387. The molecule has 0 saturated heterocycles. The fourth-order valence-corrected chi connectivity index (χ4v) is 2.73. The third-order valence-electron chi connectivity index (χ3n) is 2.76. The third-order valence-corrected chi connectivity index (χ3v) is 3.90. The molecule has 1 atom stereocenters. The van der Waals surface area contributed by atoms with Crippen LogP contribution in [0, 0.1) is 27.3 Å². The molecule has 1 aromatic rings. The van der Waals surface area contributed by atoms with Crippen LogP contribution in [0.15, 0.2) is 17.0 Å². The second-order valence-electron chi connectivity index (χ2n) is 6.02. The van der Waals surface area contributed by atoms with Crippen LogP contribution in [0.5, 0.6) is 0 Å². The Morgan fingerprint density at radius 1 is 1.50 bits per heavy atom. The van der Waals surface area contributed by atoms with Crippen molar-refractivity contribution in [2.45, 2.75) is 37.3 Å². The Hall–Kier alpha value is -2.87. The number of nitro benzene ring substituents is 1. The van der Waals surface area contributed by atoms with Gasteiger partial charge in [-0.3, -0.25) is 10.1 Å². The number of carboxylic acids is 1. The summed E-state index contributed by atoms with van der Waals surface area (Å²) in [4.78, 5) is 33.1. The van der Waals surface area contributed by atoms with Crippen molar-refractivity contribution in [1.29, 1.82) is 5.26 Å². The number of nitrogens with zero attached hydrogens (tertiary/aromatic N) is 2. The summed E-state index contributed by atoms with van der Waals surface area (Å²) in [6.07, 6.45) is -0.967. The van der Waals surface area contributed by atoms with E-state index in [1.165, 1.54) is 6.07 Å². The van der Waals surface area contributed by atoms with Crippen LogP contribution in [0.25, 0.3) is 0 Å². The van der Waals surface area contributed by atoms with Crippen LogP contribution in [0.3, 0.4) is 0 Å². The van der Waals surface area contributed by atoms with Gasteiger partial charge in [0, 0.05) is 11.8 Å². The van der Waals surface area contributed by atoms with Gasteiger partial charge < -0.3 is 15.2 Å². The second kappa shape index (κ2) is 8.48. The minimum absolute atomic E-state index is 0.163. The van der Waals surface area contributed by atoms with Crippen LogP contribution < -0.4 is 5.32 Å². The minimum Gasteiger partial charge on any atom is -0.480 e. The Bertz CT molecular complexity index is 772. The van der Waals surface area contributed by atoms with Crippen LogP contribution in [-0.4, -0.2) is 39.5 Å². The lowest BCUT2D eigenvalue weighted by Gasteiger charge is -2.21. The van der Waals surface area contributed by atoms with Crippen molar-refractivity contribution in [3.8, 4) is 6.07 Å². The number of carboxylic acid groups (broad SMARTS) is 1. The molecule has 0 aliphatic heterocycles. The van der Waals surface area contributed by atoms with E-state index in [0.717, 1.165) is 12.1 Å². The standard InChI is InChI=1S/C15H16FN3O6S/c1-15(2,3)25-14(22)18-10(13(20)21)7-26-12-5-9(16)8(6-17)4-11(12)19(23)24/h4-5,10H,7H2,1-3H3,(H,18,22)(H,20,21). The SMILES string of the molecule is CC(C)(C)OC(=O)NC(CSc1cc(F)c(C#N)cc1[N+](=O)[O-])C(=O)O. The number of alkyl carbamates (subject to hydrolysis) is 1. The highest BCUT2D eigenvalue weighted by Crippen LogP contribution is 2.32. The summed E-state index contributed by atoms with van der Waals surface area (Å²) in [6, 6.07) is 1.63. The van der Waals surface area contributed by atoms with Gasteiger partial charge in [-0.1, -0.05) is 0 Å². The number of nitriles is 1. The maximum absolute atomic E-state index is 13.7. The predicted octanol–water partition coefficient (Wildman–Crippen LogP) is 2.68. The van der Waals surface area contributed by atoms with Crippen LogP contribution in [-0.2, 0) is 9.53 Å². The van der Waals surface area contributed by atoms with Crippen LogP contribution >= 0.6 is 11.8 Å². The van der Waals surface area contributed by atoms with Crippen molar-refractivity contribution in [3.63, 3.8) is 0 Å². The van der Waals surface area contributed by atoms with E-state index in [2.05, 4.69) is 5.32 Å². The molecule has 0 spiro atoms. The Labute approximate surface area is 152 Å². The number of benzene rings is 1. The van der Waals surface area contributed by atoms with E-state index in [1.54, 1.807) is 20.8 Å². The maximum Gasteiger partial charge on any atom is 0.408 e. The summed E-state index contributed by atoms with van der Waals surface area (Å²) < 4.78 is 18.7. The lowest BCUT2D eigenvalue weighted by Crippen LogP contribution is -2.44. The summed E-state index contributed by atoms with van der Waals surface area (Å²) in [7, 11) is 0. The molecular weight excluding hydrogens is 369 g/mol. The van der Waals surface area contributed by atoms with Crippen molar-refractivity contribution in [2.75, 3.05) is 5.75 Å². The highest BCUT2D eigenvalue weighted by Gasteiger charge is 2.26. The molecule has 0 fully saturated rings. The number of thioether (sulfide) groups is 1. The van der Waals surface area contributed by atoms with E-state index in [0.29, 0.717) is 11.8 Å². The van der Waals surface area contributed by atoms with Gasteiger partial charge >= 0.3 is 12.1 Å². The first-order valence-electron chi connectivity index (χ1n) is 7.17. The van der Waals surface area contributed by atoms with Crippen molar-refractivity contribution >= 4 is 29.5 Å². The topological polar surface area (TPSA) is 143 Å². The first-order chi connectivity index (χ1) is 11.9. The Morgan fingerprint density at radius 3 is 2.58 bits per heavy atom. The summed E-state index contributed by atoms with van der Waals surface area (Å²) in [5.74, 6) is -2.67. The zero-order valence-electron chi connectivity index (χ0n) is 14.1. The van der Waals surface area contributed by atoms with Gasteiger partial charge in [-0.25, -0.2) is 14.0 Å². The largest absolute Gasteiger partial charge is 0.480 e. The maximum atomic E-state index is 13.7. The highest BCUT2D eigenvalue weighted by atomic mass is 32.2. The number of nitro groups is 1. The van der Waals surface area contributed by atoms with E-state index in [-0.39, 0.29) is 10.6 Å². The number of carbonyl (C=O) groups excluding carboxylic acids is 1. The number of rotatable bonds is 6. The van der Waals surface area contributed by atoms with Gasteiger partial charge in [0.1, 0.15) is 23.5 Å². The molecule has 2 N–H and O–H groups in total. The molecule has 0 saturated carbocycles. The molecule has 1 amide bonds. The highest BCUT2D eigenvalue weighted by molar-refractivity contribution is 7.99. The predicted molar refractivity (Wildman–Crippen MR) is 89.3 cm³/mol. The smallest absolute Gasteiger partial charge is 0.408 e. The van der Waals surface area contributed by atoms with E-state index >= 15 is 0 Å². The van der Waals surface area contributed by atoms with Crippen molar-refractivity contribution in [2.24, 2.45) is 0 Å². The number of aliphatic carboxylic acids is 1. The van der Waals surface area contributed by atoms with Gasteiger partial charge in [0.05, 0.1) is 15.4 Å². The Balaban J connectivity index is 2.95. The summed E-state index contributed by atoms with van der Waals surface area (Å²) in [5.41, 5.74) is -1.87. The second-order valence-corrected chi connectivity index (χ2v) is 7.08. The van der Waals surface area contributed by atoms with Gasteiger partial charge in [0.15, 0.2) is 0 Å². The number of ether oxygens (including phenoxy) is 1. The van der Waals surface area contributed by atoms with E-state index in [9.17, 15) is 29.2 Å². The van der Waals surface area contributed by atoms with Gasteiger partial charge in [0.25, 0.3) is 5.69 Å². The quantitative estimate of drug-likeness (QED) is 0.432. The van der Waals surface area contributed by atoms with E-state index in [4.69, 9.17) is 10.00 Å². The molecule has 0 bridgehead atoms. The first kappa shape index (κ1) is 21.2. The molecule has 11 heteroatoms. The number of carbonyl (C=O) groups is 2. The molecule has 26 heavy (non-hydrogen) atoms. The molecule has 0 aromatic heterocycles. The molecule has 0 radical (unpaired) electrons. The normalized spacial score (nSPS) is 12.0. The molecule has 9 nitrogen and oxygen atoms in total. The number of nitrogens with one attached hydrogen (secondary N) is 1. The fraction of sp³-hybridized carbons (Fsp3) is 0.400. The summed E-state index contributed by atoms with van der Waals surface area (Å²) in [5, 5.41) is 31.1. The van der Waals surface area contributed by atoms with Crippen LogP contribution in [0.4, 0.5) is 14.9 Å². The molecular formula is C15H16FN3O6S. The number of hydrogen-bond acceptors (Lipinski definition) is 7. The summed E-state index contributed by atoms with van der Waals surface area (Å²) in [6.45, 7) is 4.79. The number of hydrogen-bond donors (Lipinski definition) is 2. The molecule has 0 heterocycles. The lowest BCUT2D eigenvalue weighted by atomic mass is 10.2. The molecule has 1 aromatic carbocycles. The molecule has 1 rings (SSSR count). The third kappa shape index (κ3) is 6.21. The van der Waals surface area contributed by atoms with Gasteiger partial charge in [-0.15, -0.1) is 11.8 Å². The number of halogens is 1. The molecule has 1 unspecified atom stereocenters. The fourth-order valence-electron chi connectivity index (χ4n) is 1.69. The van der Waals surface area contributed by atoms with Crippen molar-refractivity contribution in [3.05, 3.63) is 33.6 Å². The van der Waals surface area contributed by atoms with E-state index < -0.39 is 45.7 Å². The zero-order chi connectivity index (χ0) is 20.1. The average Bonchev–Trinajstić information content (AvgIpc) is 2.48. The monoisotopic (exact) mass is 385 g/mol. The Kier molecular flexibility index (Phi) is 6.91. The van der Waals surface area contributed by atoms with Crippen LogP contribution in [0.1, 0.15) is 26.3 Å². The molecule has 140 valence electrons. The zero-order valence-corrected chi connectivity index (χ0v) is 14.9. The first-order valence-corrected chi connectivity index (χ1v) is 8.16. The van der Waals surface area contributed by atoms with Crippen molar-refractivity contribution in [1.82, 2.24) is 5.32 Å². The minimum atomic E-state index is -1.42. The molecule has 0 aliphatic carbocycles. The average molecular weight is 385 g/mol. The Morgan fingerprint density at radius 2 is 2.12 bits per heavy atom. The van der Waals surface area contributed by atoms with Crippen LogP contribution in [0.2, 0.25) is 0 Å². The van der Waals surface area contributed by atoms with Gasteiger partial charge in [-0.2, -0.15) is 5.26 Å². The molecule has 0 aliphatic rings. The summed E-state index contributed by atoms with van der Waals surface area (Å²) >= 11 is 0.663. The van der Waals surface area contributed by atoms with Gasteiger partial charge in [0.2, 0.25) is 0 Å².